The summed E-state index contributed by atoms with van der Waals surface area (Å²) in [6.45, 7) is 0.373. The van der Waals surface area contributed by atoms with Crippen molar-refractivity contribution in [2.45, 2.75) is 19.3 Å². The van der Waals surface area contributed by atoms with Crippen molar-refractivity contribution in [3.8, 4) is 17.4 Å². The maximum absolute atomic E-state index is 11.1. The number of ether oxygens (including phenoxy) is 2. The normalized spacial score (nSPS) is 13.9. The second-order valence-electron chi connectivity index (χ2n) is 5.59. The smallest absolute Gasteiger partial charge is 0.220 e. The number of hydrogen-bond donors (Lipinski definition) is 1. The highest BCUT2D eigenvalue weighted by molar-refractivity contribution is 5.83. The molecule has 5 heteroatoms. The topological polar surface area (TPSA) is 68.7 Å². The van der Waals surface area contributed by atoms with E-state index < -0.39 is 0 Å². The molecule has 0 fully saturated rings. The van der Waals surface area contributed by atoms with Crippen LogP contribution in [0.4, 0.5) is 0 Å². The first-order valence-corrected chi connectivity index (χ1v) is 7.84. The number of hydrogen-bond acceptors (Lipinski definition) is 5. The zero-order chi connectivity index (χ0) is 16.9. The van der Waals surface area contributed by atoms with Gasteiger partial charge < -0.3 is 14.6 Å². The molecule has 0 radical (unpaired) electrons. The molecule has 0 aliphatic heterocycles. The molecule has 1 aliphatic carbocycles. The third kappa shape index (κ3) is 3.11. The van der Waals surface area contributed by atoms with Gasteiger partial charge in [-0.2, -0.15) is 0 Å². The molecule has 2 aromatic rings. The summed E-state index contributed by atoms with van der Waals surface area (Å²) < 4.78 is 11.2. The quantitative estimate of drug-likeness (QED) is 0.822. The highest BCUT2D eigenvalue weighted by Gasteiger charge is 2.20. The van der Waals surface area contributed by atoms with Crippen LogP contribution in [0.15, 0.2) is 42.1 Å². The summed E-state index contributed by atoms with van der Waals surface area (Å²) in [6, 6.07) is 8.70. The Bertz CT molecular complexity index is 783. The molecular formula is C19H19NO4. The van der Waals surface area contributed by atoms with Gasteiger partial charge in [0.1, 0.15) is 18.1 Å². The first-order chi connectivity index (χ1) is 11.7. The second kappa shape index (κ2) is 7.17. The molecule has 1 aliphatic rings. The number of rotatable bonds is 6. The summed E-state index contributed by atoms with van der Waals surface area (Å²) in [7, 11) is 1.61. The van der Waals surface area contributed by atoms with Crippen LogP contribution in [0, 0.1) is 0 Å². The number of phenols is 1. The fourth-order valence-electron chi connectivity index (χ4n) is 3.02. The van der Waals surface area contributed by atoms with Gasteiger partial charge in [0.15, 0.2) is 6.29 Å². The van der Waals surface area contributed by atoms with E-state index in [1.165, 1.54) is 17.2 Å². The Hall–Kier alpha value is -2.82. The van der Waals surface area contributed by atoms with Crippen molar-refractivity contribution in [3.05, 3.63) is 53.2 Å². The van der Waals surface area contributed by atoms with E-state index in [-0.39, 0.29) is 11.3 Å². The molecule has 1 N–H and O–H groups in total. The highest BCUT2D eigenvalue weighted by atomic mass is 16.5. The molecule has 0 amide bonds. The van der Waals surface area contributed by atoms with Gasteiger partial charge in [-0.25, -0.2) is 4.98 Å². The highest BCUT2D eigenvalue weighted by Crippen LogP contribution is 2.37. The van der Waals surface area contributed by atoms with Crippen molar-refractivity contribution in [2.75, 3.05) is 13.7 Å². The Morgan fingerprint density at radius 2 is 2.12 bits per heavy atom. The molecule has 0 saturated carbocycles. The zero-order valence-corrected chi connectivity index (χ0v) is 13.5. The summed E-state index contributed by atoms with van der Waals surface area (Å²) in [5.74, 6) is 0.928. The Morgan fingerprint density at radius 3 is 2.92 bits per heavy atom. The van der Waals surface area contributed by atoms with Crippen molar-refractivity contribution in [1.82, 2.24) is 4.98 Å². The Kier molecular flexibility index (Phi) is 4.79. The molecule has 0 spiro atoms. The van der Waals surface area contributed by atoms with Crippen LogP contribution in [-0.4, -0.2) is 30.1 Å². The lowest BCUT2D eigenvalue weighted by Crippen LogP contribution is -2.04. The third-order valence-electron chi connectivity index (χ3n) is 4.18. The number of nitrogens with zero attached hydrogens (tertiary/aromatic N) is 1. The molecule has 0 atom stereocenters. The minimum Gasteiger partial charge on any atom is -0.507 e. The van der Waals surface area contributed by atoms with Gasteiger partial charge in [-0.05, 0) is 54.7 Å². The van der Waals surface area contributed by atoms with Crippen molar-refractivity contribution >= 4 is 11.9 Å². The van der Waals surface area contributed by atoms with Crippen LogP contribution < -0.4 is 9.47 Å². The maximum Gasteiger partial charge on any atom is 0.220 e. The van der Waals surface area contributed by atoms with Gasteiger partial charge >= 0.3 is 0 Å². The molecule has 0 saturated heterocycles. The van der Waals surface area contributed by atoms with Crippen LogP contribution in [0.3, 0.4) is 0 Å². The van der Waals surface area contributed by atoms with Crippen LogP contribution in [0.1, 0.15) is 35.2 Å². The number of phenolic OH excluding ortho intramolecular Hbond substituents is 1. The monoisotopic (exact) mass is 325 g/mol. The van der Waals surface area contributed by atoms with Crippen LogP contribution in [0.25, 0.3) is 5.57 Å². The van der Waals surface area contributed by atoms with E-state index in [0.29, 0.717) is 24.5 Å². The Balaban J connectivity index is 1.86. The number of methoxy groups -OCH3 is 1. The zero-order valence-electron chi connectivity index (χ0n) is 13.5. The largest absolute Gasteiger partial charge is 0.507 e. The van der Waals surface area contributed by atoms with Crippen molar-refractivity contribution in [1.29, 1.82) is 0 Å². The molecule has 1 aromatic heterocycles. The number of carbonyl (C=O) groups excluding carboxylic acids is 1. The van der Waals surface area contributed by atoms with E-state index in [4.69, 9.17) is 9.47 Å². The number of benzene rings is 1. The minimum atomic E-state index is -0.0722. The van der Waals surface area contributed by atoms with E-state index in [9.17, 15) is 9.90 Å². The van der Waals surface area contributed by atoms with Gasteiger partial charge in [-0.15, -0.1) is 0 Å². The molecular weight excluding hydrogens is 306 g/mol. The predicted molar refractivity (Wildman–Crippen MR) is 90.5 cm³/mol. The number of pyridine rings is 1. The summed E-state index contributed by atoms with van der Waals surface area (Å²) in [6.07, 6.45) is 5.24. The molecule has 0 bridgehead atoms. The van der Waals surface area contributed by atoms with Crippen LogP contribution in [-0.2, 0) is 0 Å². The molecule has 1 heterocycles. The fraction of sp³-hybridized carbons (Fsp3) is 0.263. The van der Waals surface area contributed by atoms with Crippen molar-refractivity contribution < 1.29 is 19.4 Å². The average Bonchev–Trinajstić information content (AvgIpc) is 3.08. The summed E-state index contributed by atoms with van der Waals surface area (Å²) in [5.41, 5.74) is 3.52. The Morgan fingerprint density at radius 1 is 1.25 bits per heavy atom. The molecule has 3 rings (SSSR count). The van der Waals surface area contributed by atoms with Crippen LogP contribution in [0.2, 0.25) is 0 Å². The first kappa shape index (κ1) is 16.1. The molecule has 0 unspecified atom stereocenters. The number of aromatic nitrogens is 1. The predicted octanol–water partition coefficient (Wildman–Crippen LogP) is 3.62. The average molecular weight is 325 g/mol. The summed E-state index contributed by atoms with van der Waals surface area (Å²) in [5, 5.41) is 9.73. The fourth-order valence-corrected chi connectivity index (χ4v) is 3.02. The van der Waals surface area contributed by atoms with Crippen LogP contribution >= 0.6 is 0 Å². The first-order valence-electron chi connectivity index (χ1n) is 7.84. The van der Waals surface area contributed by atoms with Crippen molar-refractivity contribution in [3.63, 3.8) is 0 Å². The van der Waals surface area contributed by atoms with Gasteiger partial charge in [-0.3, -0.25) is 4.79 Å². The second-order valence-corrected chi connectivity index (χ2v) is 5.59. The van der Waals surface area contributed by atoms with Crippen molar-refractivity contribution in [2.24, 2.45) is 0 Å². The third-order valence-corrected chi connectivity index (χ3v) is 4.18. The van der Waals surface area contributed by atoms with E-state index in [2.05, 4.69) is 4.98 Å². The summed E-state index contributed by atoms with van der Waals surface area (Å²) in [4.78, 5) is 15.4. The Labute approximate surface area is 140 Å². The molecule has 5 nitrogen and oxygen atoms in total. The molecule has 124 valence electrons. The van der Waals surface area contributed by atoms with E-state index in [1.54, 1.807) is 25.4 Å². The van der Waals surface area contributed by atoms with E-state index in [0.717, 1.165) is 24.8 Å². The molecule has 24 heavy (non-hydrogen) atoms. The maximum atomic E-state index is 11.1. The van der Waals surface area contributed by atoms with Crippen LogP contribution in [0.5, 0.6) is 17.4 Å². The number of carbonyl (C=O) groups is 1. The van der Waals surface area contributed by atoms with E-state index >= 15 is 0 Å². The van der Waals surface area contributed by atoms with Gasteiger partial charge in [0, 0.05) is 11.8 Å². The summed E-state index contributed by atoms with van der Waals surface area (Å²) >= 11 is 0. The van der Waals surface area contributed by atoms with Gasteiger partial charge in [0.05, 0.1) is 12.7 Å². The number of allylic oxidation sites excluding steroid dienone is 1. The van der Waals surface area contributed by atoms with Gasteiger partial charge in [-0.1, -0.05) is 6.07 Å². The lowest BCUT2D eigenvalue weighted by Gasteiger charge is -2.13. The lowest BCUT2D eigenvalue weighted by atomic mass is 10.0. The van der Waals surface area contributed by atoms with Gasteiger partial charge in [0.2, 0.25) is 5.88 Å². The standard InChI is InChI=1S/C19H19NO4/c1-23-19-15(7-4-10-20-19)14-6-2-5-13(14)12-24-18-9-3-8-17(22)16(18)11-21/h3-4,7-11,22H,2,5-6,12H2,1H3. The minimum absolute atomic E-state index is 0.0722. The lowest BCUT2D eigenvalue weighted by molar-refractivity contribution is 0.111. The SMILES string of the molecule is COc1ncccc1C1=C(COc2cccc(O)c2C=O)CCC1. The number of aldehydes is 1. The molecule has 1 aromatic carbocycles. The van der Waals surface area contributed by atoms with Gasteiger partial charge in [0.25, 0.3) is 0 Å². The van der Waals surface area contributed by atoms with E-state index in [1.807, 2.05) is 12.1 Å². The number of aromatic hydroxyl groups is 1.